The Labute approximate surface area is 140 Å². The van der Waals surface area contributed by atoms with Gasteiger partial charge in [0.2, 0.25) is 0 Å². The van der Waals surface area contributed by atoms with Crippen molar-refractivity contribution < 1.29 is 0 Å². The third-order valence-electron chi connectivity index (χ3n) is 5.10. The number of piperazine rings is 1. The van der Waals surface area contributed by atoms with Gasteiger partial charge < -0.3 is 4.90 Å². The quantitative estimate of drug-likeness (QED) is 0.724. The highest BCUT2D eigenvalue weighted by molar-refractivity contribution is 5.50. The lowest BCUT2D eigenvalue weighted by Gasteiger charge is -2.35. The van der Waals surface area contributed by atoms with Crippen LogP contribution in [0.2, 0.25) is 0 Å². The molecule has 0 amide bonds. The van der Waals surface area contributed by atoms with Crippen molar-refractivity contribution >= 4 is 11.6 Å². The van der Waals surface area contributed by atoms with E-state index in [1.165, 1.54) is 6.42 Å². The topological polar surface area (TPSA) is 62.5 Å². The van der Waals surface area contributed by atoms with E-state index in [0.717, 1.165) is 36.8 Å². The van der Waals surface area contributed by atoms with Gasteiger partial charge in [-0.3, -0.25) is 9.88 Å². The van der Waals surface area contributed by atoms with Crippen molar-refractivity contribution in [3.05, 3.63) is 48.2 Å². The summed E-state index contributed by atoms with van der Waals surface area (Å²) in [5.41, 5.74) is 2.13. The number of likely N-dealkylation sites (tertiary alicyclic amines) is 1. The Hall–Kier alpha value is -2.54. The minimum absolute atomic E-state index is 0.521. The Balaban J connectivity index is 1.39. The van der Waals surface area contributed by atoms with Crippen molar-refractivity contribution in [1.82, 2.24) is 29.5 Å². The Bertz CT molecular complexity index is 875. The normalized spacial score (nSPS) is 23.5. The van der Waals surface area contributed by atoms with E-state index in [4.69, 9.17) is 0 Å². The fourth-order valence-corrected chi connectivity index (χ4v) is 4.04. The number of anilines is 1. The van der Waals surface area contributed by atoms with Gasteiger partial charge in [0.15, 0.2) is 0 Å². The van der Waals surface area contributed by atoms with Crippen molar-refractivity contribution in [3.8, 4) is 0 Å². The van der Waals surface area contributed by atoms with E-state index in [0.29, 0.717) is 17.9 Å². The van der Waals surface area contributed by atoms with Gasteiger partial charge in [0.1, 0.15) is 12.1 Å². The van der Waals surface area contributed by atoms with Gasteiger partial charge in [-0.05, 0) is 25.5 Å². The summed E-state index contributed by atoms with van der Waals surface area (Å²) in [5.74, 6) is 1.79. The van der Waals surface area contributed by atoms with Crippen molar-refractivity contribution in [2.75, 3.05) is 18.0 Å². The predicted octanol–water partition coefficient (Wildman–Crippen LogP) is 1.29. The molecule has 2 atom stereocenters. The Morgan fingerprint density at radius 3 is 2.92 bits per heavy atom. The first-order valence-electron chi connectivity index (χ1n) is 8.36. The largest absolute Gasteiger partial charge is 0.350 e. The zero-order valence-corrected chi connectivity index (χ0v) is 13.6. The maximum Gasteiger partial charge on any atom is 0.254 e. The fraction of sp³-hybridized carbons (Fsp3) is 0.412. The molecule has 2 aliphatic heterocycles. The van der Waals surface area contributed by atoms with Gasteiger partial charge >= 0.3 is 0 Å². The molecule has 0 aromatic carbocycles. The van der Waals surface area contributed by atoms with Crippen LogP contribution in [0.1, 0.15) is 17.8 Å². The van der Waals surface area contributed by atoms with Crippen LogP contribution in [-0.2, 0) is 6.54 Å². The van der Waals surface area contributed by atoms with Crippen LogP contribution in [0.25, 0.3) is 5.78 Å². The summed E-state index contributed by atoms with van der Waals surface area (Å²) in [6.45, 7) is 5.04. The van der Waals surface area contributed by atoms with Crippen LogP contribution in [0.15, 0.2) is 36.8 Å². The number of pyridine rings is 1. The lowest BCUT2D eigenvalue weighted by atomic mass is 10.2. The van der Waals surface area contributed by atoms with Gasteiger partial charge in [0.25, 0.3) is 5.78 Å². The monoisotopic (exact) mass is 321 g/mol. The molecule has 122 valence electrons. The average Bonchev–Trinajstić information content (AvgIpc) is 3.29. The third-order valence-corrected chi connectivity index (χ3v) is 5.10. The number of fused-ring (bicyclic) bond motifs is 3. The Morgan fingerprint density at radius 1 is 1.17 bits per heavy atom. The molecular weight excluding hydrogens is 302 g/mol. The van der Waals surface area contributed by atoms with E-state index in [9.17, 15) is 0 Å². The first-order valence-corrected chi connectivity index (χ1v) is 8.36. The van der Waals surface area contributed by atoms with Gasteiger partial charge in [-0.15, -0.1) is 0 Å². The molecular formula is C17H19N7. The number of hydrogen-bond acceptors (Lipinski definition) is 6. The summed E-state index contributed by atoms with van der Waals surface area (Å²) in [4.78, 5) is 18.2. The van der Waals surface area contributed by atoms with Gasteiger partial charge in [-0.25, -0.2) is 4.98 Å². The average molecular weight is 321 g/mol. The molecule has 2 bridgehead atoms. The minimum Gasteiger partial charge on any atom is -0.350 e. The van der Waals surface area contributed by atoms with Crippen LogP contribution in [-0.4, -0.2) is 54.6 Å². The number of aryl methyl sites for hydroxylation is 1. The molecule has 7 heteroatoms. The molecule has 24 heavy (non-hydrogen) atoms. The lowest BCUT2D eigenvalue weighted by Crippen LogP contribution is -2.46. The van der Waals surface area contributed by atoms with E-state index in [1.54, 1.807) is 6.33 Å². The molecule has 3 aromatic heterocycles. The van der Waals surface area contributed by atoms with E-state index < -0.39 is 0 Å². The summed E-state index contributed by atoms with van der Waals surface area (Å²) in [7, 11) is 0. The summed E-state index contributed by atoms with van der Waals surface area (Å²) in [6.07, 6.45) is 4.65. The molecule has 3 aromatic rings. The molecule has 0 saturated carbocycles. The Kier molecular flexibility index (Phi) is 3.02. The van der Waals surface area contributed by atoms with Crippen LogP contribution in [0.4, 0.5) is 5.82 Å². The van der Waals surface area contributed by atoms with Crippen LogP contribution < -0.4 is 4.90 Å². The molecule has 0 radical (unpaired) electrons. The lowest BCUT2D eigenvalue weighted by molar-refractivity contribution is 0.227. The predicted molar refractivity (Wildman–Crippen MR) is 89.7 cm³/mol. The van der Waals surface area contributed by atoms with Crippen LogP contribution >= 0.6 is 0 Å². The van der Waals surface area contributed by atoms with Crippen molar-refractivity contribution in [2.24, 2.45) is 0 Å². The highest BCUT2D eigenvalue weighted by Crippen LogP contribution is 2.35. The first-order chi connectivity index (χ1) is 11.8. The van der Waals surface area contributed by atoms with Gasteiger partial charge in [-0.2, -0.15) is 14.6 Å². The molecule has 2 aliphatic rings. The summed E-state index contributed by atoms with van der Waals surface area (Å²) >= 11 is 0. The van der Waals surface area contributed by atoms with Crippen LogP contribution in [0.3, 0.4) is 0 Å². The zero-order valence-electron chi connectivity index (χ0n) is 13.6. The zero-order chi connectivity index (χ0) is 16.1. The molecule has 2 fully saturated rings. The van der Waals surface area contributed by atoms with E-state index in [-0.39, 0.29) is 0 Å². The van der Waals surface area contributed by atoms with Crippen molar-refractivity contribution in [1.29, 1.82) is 0 Å². The SMILES string of the molecule is Cc1cc(N2CC3CC2CN3Cc2ccccn2)n2ncnc2n1. The molecule has 0 spiro atoms. The number of hydrogen-bond donors (Lipinski definition) is 0. The second kappa shape index (κ2) is 5.24. The number of nitrogens with zero attached hydrogens (tertiary/aromatic N) is 7. The van der Waals surface area contributed by atoms with Crippen molar-refractivity contribution in [2.45, 2.75) is 32.0 Å². The van der Waals surface area contributed by atoms with Crippen LogP contribution in [0.5, 0.6) is 0 Å². The number of aromatic nitrogens is 5. The molecule has 7 nitrogen and oxygen atoms in total. The summed E-state index contributed by atoms with van der Waals surface area (Å²) in [5, 5.41) is 4.35. The fourth-order valence-electron chi connectivity index (χ4n) is 4.04. The first kappa shape index (κ1) is 13.9. The number of rotatable bonds is 3. The maximum atomic E-state index is 4.46. The highest BCUT2D eigenvalue weighted by atomic mass is 15.4. The molecule has 5 heterocycles. The standard InChI is InChI=1S/C17H19N7/c1-12-6-16(24-17(21-12)19-11-20-24)23-10-14-7-15(23)9-22(14)8-13-4-2-3-5-18-13/h2-6,11,14-15H,7-10H2,1H3. The van der Waals surface area contributed by atoms with Gasteiger partial charge in [0, 0.05) is 49.7 Å². The van der Waals surface area contributed by atoms with Crippen LogP contribution in [0, 0.1) is 6.92 Å². The van der Waals surface area contributed by atoms with E-state index in [2.05, 4.69) is 48.0 Å². The minimum atomic E-state index is 0.521. The van der Waals surface area contributed by atoms with E-state index in [1.807, 2.05) is 23.7 Å². The Morgan fingerprint density at radius 2 is 2.12 bits per heavy atom. The molecule has 2 saturated heterocycles. The third kappa shape index (κ3) is 2.16. The smallest absolute Gasteiger partial charge is 0.254 e. The second-order valence-electron chi connectivity index (χ2n) is 6.67. The van der Waals surface area contributed by atoms with Crippen molar-refractivity contribution in [3.63, 3.8) is 0 Å². The highest BCUT2D eigenvalue weighted by Gasteiger charge is 2.44. The molecule has 0 N–H and O–H groups in total. The second-order valence-corrected chi connectivity index (χ2v) is 6.67. The van der Waals surface area contributed by atoms with Gasteiger partial charge in [-0.1, -0.05) is 6.07 Å². The van der Waals surface area contributed by atoms with E-state index >= 15 is 0 Å². The summed E-state index contributed by atoms with van der Waals surface area (Å²) in [6, 6.07) is 9.35. The molecule has 5 rings (SSSR count). The molecule has 0 aliphatic carbocycles. The van der Waals surface area contributed by atoms with Gasteiger partial charge in [0.05, 0.1) is 5.69 Å². The summed E-state index contributed by atoms with van der Waals surface area (Å²) < 4.78 is 1.86. The molecule has 2 unspecified atom stereocenters. The maximum absolute atomic E-state index is 4.46.